The molecular formula is C23H22ClN5O5S. The molecule has 4 rings (SSSR count). The molecule has 0 atom stereocenters. The van der Waals surface area contributed by atoms with Crippen LogP contribution in [0.2, 0.25) is 5.02 Å². The smallest absolute Gasteiger partial charge is 0.348 e. The molecule has 0 saturated heterocycles. The molecule has 0 aliphatic heterocycles. The van der Waals surface area contributed by atoms with Crippen LogP contribution in [-0.2, 0) is 18.3 Å². The minimum atomic E-state index is -0.835. The molecule has 0 saturated carbocycles. The summed E-state index contributed by atoms with van der Waals surface area (Å²) < 4.78 is 8.84. The van der Waals surface area contributed by atoms with Gasteiger partial charge in [0.05, 0.1) is 16.4 Å². The van der Waals surface area contributed by atoms with E-state index in [1.165, 1.54) is 7.05 Å². The van der Waals surface area contributed by atoms with Gasteiger partial charge in [-0.15, -0.1) is 11.3 Å². The fourth-order valence-corrected chi connectivity index (χ4v) is 4.98. The van der Waals surface area contributed by atoms with Crippen LogP contribution in [0.5, 0.6) is 0 Å². The molecule has 10 nitrogen and oxygen atoms in total. The molecule has 4 aromatic rings. The summed E-state index contributed by atoms with van der Waals surface area (Å²) in [6, 6.07) is 8.83. The fraction of sp³-hybridized carbons (Fsp3) is 0.261. The number of nitrogens with zero attached hydrogens (tertiary/aromatic N) is 4. The number of anilines is 1. The second kappa shape index (κ2) is 9.51. The second-order valence-corrected chi connectivity index (χ2v) is 9.27. The Labute approximate surface area is 208 Å². The number of Topliss-reactive ketones (excluding diaryl/α,β-unsaturated/α-hetero) is 1. The van der Waals surface area contributed by atoms with Crippen molar-refractivity contribution in [3.05, 3.63) is 72.3 Å². The average molecular weight is 516 g/mol. The Morgan fingerprint density at radius 2 is 1.94 bits per heavy atom. The van der Waals surface area contributed by atoms with Gasteiger partial charge in [-0.25, -0.2) is 14.3 Å². The molecule has 0 fully saturated rings. The highest BCUT2D eigenvalue weighted by molar-refractivity contribution is 7.20. The molecule has 0 amide bonds. The number of carbonyl (C=O) groups excluding carboxylic acids is 2. The third-order valence-electron chi connectivity index (χ3n) is 5.47. The SMILES string of the molecule is CCCn1c(N)c(C(=O)COC(=O)c2cc3c(C)nn(-c4ccccc4Cl)c3s2)c(=O)n(C)c1=O. The number of nitrogens with two attached hydrogens (primary N) is 1. The van der Waals surface area contributed by atoms with Crippen molar-refractivity contribution in [1.29, 1.82) is 0 Å². The Hall–Kier alpha value is -3.70. The molecule has 3 heterocycles. The van der Waals surface area contributed by atoms with Crippen LogP contribution in [-0.4, -0.2) is 37.3 Å². The van der Waals surface area contributed by atoms with Crippen molar-refractivity contribution in [2.24, 2.45) is 7.05 Å². The number of thiophene rings is 1. The summed E-state index contributed by atoms with van der Waals surface area (Å²) >= 11 is 7.46. The van der Waals surface area contributed by atoms with Crippen LogP contribution in [0.25, 0.3) is 15.9 Å². The number of fused-ring (bicyclic) bond motifs is 1. The zero-order chi connectivity index (χ0) is 25.4. The van der Waals surface area contributed by atoms with Crippen LogP contribution < -0.4 is 17.0 Å². The third-order valence-corrected chi connectivity index (χ3v) is 6.88. The molecule has 3 aromatic heterocycles. The van der Waals surface area contributed by atoms with Gasteiger partial charge < -0.3 is 10.5 Å². The lowest BCUT2D eigenvalue weighted by atomic mass is 10.2. The number of hydrogen-bond acceptors (Lipinski definition) is 8. The molecular weight excluding hydrogens is 494 g/mol. The summed E-state index contributed by atoms with van der Waals surface area (Å²) in [5.74, 6) is -1.76. The van der Waals surface area contributed by atoms with E-state index in [1.807, 2.05) is 32.0 Å². The fourth-order valence-electron chi connectivity index (χ4n) is 3.69. The summed E-state index contributed by atoms with van der Waals surface area (Å²) in [6.07, 6.45) is 0.571. The van der Waals surface area contributed by atoms with E-state index in [-0.39, 0.29) is 22.8 Å². The lowest BCUT2D eigenvalue weighted by Gasteiger charge is -2.13. The first-order valence-electron chi connectivity index (χ1n) is 10.7. The molecule has 0 spiro atoms. The Morgan fingerprint density at radius 1 is 1.23 bits per heavy atom. The number of benzene rings is 1. The van der Waals surface area contributed by atoms with Crippen molar-refractivity contribution in [2.45, 2.75) is 26.8 Å². The molecule has 0 aliphatic rings. The number of hydrogen-bond donors (Lipinski definition) is 1. The predicted molar refractivity (Wildman–Crippen MR) is 134 cm³/mol. The first-order chi connectivity index (χ1) is 16.6. The van der Waals surface area contributed by atoms with Crippen LogP contribution in [0.3, 0.4) is 0 Å². The zero-order valence-electron chi connectivity index (χ0n) is 19.2. The maximum Gasteiger partial charge on any atom is 0.348 e. The lowest BCUT2D eigenvalue weighted by Crippen LogP contribution is -2.43. The number of ketones is 1. The largest absolute Gasteiger partial charge is 0.453 e. The maximum atomic E-state index is 12.8. The summed E-state index contributed by atoms with van der Waals surface area (Å²) in [5.41, 5.74) is 5.50. The van der Waals surface area contributed by atoms with Crippen LogP contribution in [0.4, 0.5) is 5.82 Å². The minimum absolute atomic E-state index is 0.238. The first kappa shape index (κ1) is 24.4. The third kappa shape index (κ3) is 4.28. The number of aromatic nitrogens is 4. The van der Waals surface area contributed by atoms with Gasteiger partial charge in [0.1, 0.15) is 21.1 Å². The average Bonchev–Trinajstić information content (AvgIpc) is 3.40. The Bertz CT molecular complexity index is 1600. The van der Waals surface area contributed by atoms with E-state index in [2.05, 4.69) is 5.10 Å². The van der Waals surface area contributed by atoms with Crippen LogP contribution in [0.1, 0.15) is 39.1 Å². The van der Waals surface area contributed by atoms with Gasteiger partial charge in [-0.1, -0.05) is 30.7 Å². The van der Waals surface area contributed by atoms with Gasteiger partial charge >= 0.3 is 11.7 Å². The molecule has 0 aliphatic carbocycles. The lowest BCUT2D eigenvalue weighted by molar-refractivity contribution is 0.0479. The van der Waals surface area contributed by atoms with Gasteiger partial charge in [-0.2, -0.15) is 5.10 Å². The van der Waals surface area contributed by atoms with E-state index < -0.39 is 29.6 Å². The maximum absolute atomic E-state index is 12.8. The standard InChI is InChI=1S/C23H22ClN5O5S/c1-4-9-28-19(25)18(20(31)27(3)23(28)33)16(30)11-34-22(32)17-10-13-12(2)26-29(21(13)35-17)15-8-6-5-7-14(15)24/h5-8,10H,4,9,11,25H2,1-3H3. The number of aryl methyl sites for hydroxylation is 1. The highest BCUT2D eigenvalue weighted by Crippen LogP contribution is 2.32. The van der Waals surface area contributed by atoms with Gasteiger partial charge in [0, 0.05) is 19.0 Å². The number of rotatable bonds is 7. The topological polar surface area (TPSA) is 131 Å². The van der Waals surface area contributed by atoms with E-state index in [1.54, 1.807) is 16.8 Å². The van der Waals surface area contributed by atoms with Crippen LogP contribution in [0.15, 0.2) is 39.9 Å². The summed E-state index contributed by atoms with van der Waals surface area (Å²) in [6.45, 7) is 3.18. The minimum Gasteiger partial charge on any atom is -0.453 e. The number of para-hydroxylation sites is 1. The van der Waals surface area contributed by atoms with Gasteiger partial charge in [0.25, 0.3) is 5.56 Å². The predicted octanol–water partition coefficient (Wildman–Crippen LogP) is 2.94. The van der Waals surface area contributed by atoms with Crippen molar-refractivity contribution >= 4 is 50.7 Å². The first-order valence-corrected chi connectivity index (χ1v) is 11.9. The van der Waals surface area contributed by atoms with Gasteiger partial charge in [0.2, 0.25) is 5.78 Å². The normalized spacial score (nSPS) is 11.2. The Morgan fingerprint density at radius 3 is 2.63 bits per heavy atom. The number of halogens is 1. The molecule has 0 bridgehead atoms. The molecule has 1 aromatic carbocycles. The van der Waals surface area contributed by atoms with E-state index >= 15 is 0 Å². The van der Waals surface area contributed by atoms with E-state index in [9.17, 15) is 19.2 Å². The number of esters is 1. The zero-order valence-corrected chi connectivity index (χ0v) is 20.8. The van der Waals surface area contributed by atoms with E-state index in [0.29, 0.717) is 27.7 Å². The number of nitrogen functional groups attached to an aromatic ring is 1. The molecule has 35 heavy (non-hydrogen) atoms. The molecule has 0 unspecified atom stereocenters. The Kier molecular flexibility index (Phi) is 6.64. The van der Waals surface area contributed by atoms with E-state index in [0.717, 1.165) is 25.9 Å². The molecule has 2 N–H and O–H groups in total. The van der Waals surface area contributed by atoms with Crippen molar-refractivity contribution < 1.29 is 14.3 Å². The van der Waals surface area contributed by atoms with Crippen molar-refractivity contribution in [2.75, 3.05) is 12.3 Å². The van der Waals surface area contributed by atoms with Crippen molar-refractivity contribution in [3.63, 3.8) is 0 Å². The summed E-state index contributed by atoms with van der Waals surface area (Å²) in [7, 11) is 1.26. The number of carbonyl (C=O) groups is 2. The van der Waals surface area contributed by atoms with Gasteiger partial charge in [0.15, 0.2) is 6.61 Å². The van der Waals surface area contributed by atoms with Crippen LogP contribution >= 0.6 is 22.9 Å². The quantitative estimate of drug-likeness (QED) is 0.295. The van der Waals surface area contributed by atoms with Gasteiger partial charge in [-0.05, 0) is 31.5 Å². The van der Waals surface area contributed by atoms with Gasteiger partial charge in [-0.3, -0.25) is 18.7 Å². The molecule has 12 heteroatoms. The second-order valence-electron chi connectivity index (χ2n) is 7.84. The Balaban J connectivity index is 1.60. The summed E-state index contributed by atoms with van der Waals surface area (Å²) in [4.78, 5) is 51.3. The summed E-state index contributed by atoms with van der Waals surface area (Å²) in [5, 5.41) is 5.76. The van der Waals surface area contributed by atoms with Crippen LogP contribution in [0, 0.1) is 6.92 Å². The number of ether oxygens (including phenoxy) is 1. The van der Waals surface area contributed by atoms with Crippen molar-refractivity contribution in [3.8, 4) is 5.69 Å². The highest BCUT2D eigenvalue weighted by Gasteiger charge is 2.24. The van der Waals surface area contributed by atoms with E-state index in [4.69, 9.17) is 22.1 Å². The monoisotopic (exact) mass is 515 g/mol. The molecule has 0 radical (unpaired) electrons. The van der Waals surface area contributed by atoms with Crippen molar-refractivity contribution in [1.82, 2.24) is 18.9 Å². The molecule has 182 valence electrons. The highest BCUT2D eigenvalue weighted by atomic mass is 35.5.